The molecule has 1 fully saturated rings. The number of hydrogen-bond donors (Lipinski definition) is 1. The van der Waals surface area contributed by atoms with Crippen molar-refractivity contribution < 1.29 is 13.2 Å². The van der Waals surface area contributed by atoms with Crippen LogP contribution in [0.3, 0.4) is 0 Å². The van der Waals surface area contributed by atoms with Crippen molar-refractivity contribution >= 4 is 12.4 Å². The van der Waals surface area contributed by atoms with Crippen molar-refractivity contribution in [2.75, 3.05) is 0 Å². The Hall–Kier alpha value is -0.740. The molecule has 0 aliphatic heterocycles. The molecule has 2 N–H and O–H groups in total. The zero-order chi connectivity index (χ0) is 10.4. The molecule has 0 radical (unpaired) electrons. The Morgan fingerprint density at radius 3 is 2.13 bits per heavy atom. The maximum Gasteiger partial charge on any atom is 0.393 e. The van der Waals surface area contributed by atoms with Gasteiger partial charge in [-0.05, 0) is 12.0 Å². The predicted molar refractivity (Wildman–Crippen MR) is 53.7 cm³/mol. The highest BCUT2D eigenvalue weighted by atomic mass is 35.5. The van der Waals surface area contributed by atoms with Crippen LogP contribution in [0.15, 0.2) is 30.3 Å². The van der Waals surface area contributed by atoms with E-state index in [0.717, 1.165) is 0 Å². The molecule has 0 amide bonds. The van der Waals surface area contributed by atoms with E-state index >= 15 is 0 Å². The molecule has 2 rings (SSSR count). The van der Waals surface area contributed by atoms with Crippen LogP contribution in [0.25, 0.3) is 0 Å². The van der Waals surface area contributed by atoms with Gasteiger partial charge in [-0.3, -0.25) is 0 Å². The summed E-state index contributed by atoms with van der Waals surface area (Å²) in [6.07, 6.45) is -4.18. The Kier molecular flexibility index (Phi) is 3.03. The maximum atomic E-state index is 12.3. The van der Waals surface area contributed by atoms with E-state index in [-0.39, 0.29) is 18.8 Å². The zero-order valence-corrected chi connectivity index (χ0v) is 8.61. The third-order valence-corrected chi connectivity index (χ3v) is 2.71. The fourth-order valence-electron chi connectivity index (χ4n) is 1.75. The van der Waals surface area contributed by atoms with Gasteiger partial charge in [-0.2, -0.15) is 13.2 Å². The summed E-state index contributed by atoms with van der Waals surface area (Å²) < 4.78 is 37.0. The van der Waals surface area contributed by atoms with E-state index in [1.165, 1.54) is 0 Å². The number of halogens is 4. The monoisotopic (exact) mass is 237 g/mol. The summed E-state index contributed by atoms with van der Waals surface area (Å²) in [4.78, 5) is 0. The normalized spacial score (nSPS) is 29.5. The smallest absolute Gasteiger partial charge is 0.321 e. The van der Waals surface area contributed by atoms with Gasteiger partial charge < -0.3 is 5.73 Å². The van der Waals surface area contributed by atoms with Crippen LogP contribution in [0.2, 0.25) is 0 Å². The number of hydrogen-bond acceptors (Lipinski definition) is 1. The molecule has 0 aromatic heterocycles. The van der Waals surface area contributed by atoms with E-state index in [9.17, 15) is 13.2 Å². The Labute approximate surface area is 91.9 Å². The molecule has 1 aromatic rings. The summed E-state index contributed by atoms with van der Waals surface area (Å²) in [6.45, 7) is 0. The molecule has 84 valence electrons. The highest BCUT2D eigenvalue weighted by Crippen LogP contribution is 2.57. The van der Waals surface area contributed by atoms with E-state index in [2.05, 4.69) is 0 Å². The molecule has 0 spiro atoms. The Bertz CT molecular complexity index is 338. The number of rotatable bonds is 1. The average Bonchev–Trinajstić information content (AvgIpc) is 2.81. The second-order valence-corrected chi connectivity index (χ2v) is 3.70. The van der Waals surface area contributed by atoms with Gasteiger partial charge in [0.1, 0.15) is 0 Å². The molecule has 2 unspecified atom stereocenters. The fraction of sp³-hybridized carbons (Fsp3) is 0.400. The summed E-state index contributed by atoms with van der Waals surface area (Å²) in [5.74, 6) is -1.38. The van der Waals surface area contributed by atoms with Crippen molar-refractivity contribution in [2.24, 2.45) is 11.7 Å². The summed E-state index contributed by atoms with van der Waals surface area (Å²) in [5.41, 5.74) is 5.07. The van der Waals surface area contributed by atoms with Gasteiger partial charge in [-0.15, -0.1) is 12.4 Å². The number of nitrogens with two attached hydrogens (primary N) is 1. The van der Waals surface area contributed by atoms with Crippen LogP contribution in [-0.2, 0) is 5.54 Å². The summed E-state index contributed by atoms with van der Waals surface area (Å²) in [7, 11) is 0. The summed E-state index contributed by atoms with van der Waals surface area (Å²) >= 11 is 0. The van der Waals surface area contributed by atoms with Crippen molar-refractivity contribution in [3.63, 3.8) is 0 Å². The largest absolute Gasteiger partial charge is 0.393 e. The lowest BCUT2D eigenvalue weighted by Crippen LogP contribution is -2.28. The van der Waals surface area contributed by atoms with Crippen LogP contribution in [0.1, 0.15) is 12.0 Å². The molecular weight excluding hydrogens is 227 g/mol. The standard InChI is InChI=1S/C10H10F3N.ClH/c11-10(12,13)8-6-9(8,14)7-4-2-1-3-5-7;/h1-5,8H,6,14H2;1H. The lowest BCUT2D eigenvalue weighted by atomic mass is 10.0. The Balaban J connectivity index is 0.00000112. The van der Waals surface area contributed by atoms with Gasteiger partial charge in [0, 0.05) is 0 Å². The summed E-state index contributed by atoms with van der Waals surface area (Å²) in [6, 6.07) is 8.46. The molecule has 5 heteroatoms. The van der Waals surface area contributed by atoms with Gasteiger partial charge in [0.2, 0.25) is 0 Å². The molecule has 1 saturated carbocycles. The van der Waals surface area contributed by atoms with Gasteiger partial charge in [-0.1, -0.05) is 30.3 Å². The van der Waals surface area contributed by atoms with Crippen molar-refractivity contribution in [3.8, 4) is 0 Å². The third-order valence-electron chi connectivity index (χ3n) is 2.71. The van der Waals surface area contributed by atoms with E-state index in [0.29, 0.717) is 5.56 Å². The van der Waals surface area contributed by atoms with Crippen LogP contribution in [0.4, 0.5) is 13.2 Å². The van der Waals surface area contributed by atoms with Gasteiger partial charge in [0.15, 0.2) is 0 Å². The van der Waals surface area contributed by atoms with E-state index < -0.39 is 17.6 Å². The minimum absolute atomic E-state index is 0. The molecule has 0 saturated heterocycles. The highest BCUT2D eigenvalue weighted by Gasteiger charge is 2.65. The predicted octanol–water partition coefficient (Wildman–Crippen LogP) is 2.84. The molecule has 1 aliphatic rings. The van der Waals surface area contributed by atoms with Crippen LogP contribution in [0.5, 0.6) is 0 Å². The lowest BCUT2D eigenvalue weighted by Gasteiger charge is -2.13. The first-order valence-corrected chi connectivity index (χ1v) is 4.36. The van der Waals surface area contributed by atoms with Crippen molar-refractivity contribution in [3.05, 3.63) is 35.9 Å². The Morgan fingerprint density at radius 1 is 1.20 bits per heavy atom. The van der Waals surface area contributed by atoms with Crippen molar-refractivity contribution in [1.29, 1.82) is 0 Å². The first kappa shape index (κ1) is 12.3. The molecular formula is C10H11ClF3N. The zero-order valence-electron chi connectivity index (χ0n) is 7.79. The average molecular weight is 238 g/mol. The minimum atomic E-state index is -4.18. The van der Waals surface area contributed by atoms with E-state index in [1.807, 2.05) is 0 Å². The van der Waals surface area contributed by atoms with Crippen LogP contribution >= 0.6 is 12.4 Å². The molecule has 2 atom stereocenters. The van der Waals surface area contributed by atoms with Crippen LogP contribution < -0.4 is 5.73 Å². The van der Waals surface area contributed by atoms with E-state index in [4.69, 9.17) is 5.73 Å². The van der Waals surface area contributed by atoms with Crippen molar-refractivity contribution in [1.82, 2.24) is 0 Å². The van der Waals surface area contributed by atoms with Crippen LogP contribution in [0, 0.1) is 5.92 Å². The molecule has 15 heavy (non-hydrogen) atoms. The highest BCUT2D eigenvalue weighted by molar-refractivity contribution is 5.85. The molecule has 0 bridgehead atoms. The van der Waals surface area contributed by atoms with Crippen LogP contribution in [-0.4, -0.2) is 6.18 Å². The Morgan fingerprint density at radius 2 is 1.73 bits per heavy atom. The molecule has 0 heterocycles. The van der Waals surface area contributed by atoms with Gasteiger partial charge in [-0.25, -0.2) is 0 Å². The van der Waals surface area contributed by atoms with Gasteiger partial charge >= 0.3 is 6.18 Å². The van der Waals surface area contributed by atoms with Gasteiger partial charge in [0.25, 0.3) is 0 Å². The topological polar surface area (TPSA) is 26.0 Å². The number of alkyl halides is 3. The first-order valence-electron chi connectivity index (χ1n) is 4.36. The minimum Gasteiger partial charge on any atom is -0.321 e. The lowest BCUT2D eigenvalue weighted by molar-refractivity contribution is -0.152. The summed E-state index contributed by atoms with van der Waals surface area (Å²) in [5, 5.41) is 0. The quantitative estimate of drug-likeness (QED) is 0.799. The van der Waals surface area contributed by atoms with Crippen molar-refractivity contribution in [2.45, 2.75) is 18.1 Å². The molecule has 1 aliphatic carbocycles. The fourth-order valence-corrected chi connectivity index (χ4v) is 1.75. The SMILES string of the molecule is Cl.NC1(c2ccccc2)CC1C(F)(F)F. The number of benzene rings is 1. The van der Waals surface area contributed by atoms with Gasteiger partial charge in [0.05, 0.1) is 11.5 Å². The molecule has 1 nitrogen and oxygen atoms in total. The second-order valence-electron chi connectivity index (χ2n) is 3.70. The first-order chi connectivity index (χ1) is 6.44. The maximum absolute atomic E-state index is 12.3. The van der Waals surface area contributed by atoms with E-state index in [1.54, 1.807) is 30.3 Å². The second kappa shape index (κ2) is 3.68. The third kappa shape index (κ3) is 2.11. The molecule has 1 aromatic carbocycles.